The molecule has 0 aliphatic carbocycles. The molecule has 1 aromatic rings. The molecule has 2 rings (SSSR count). The van der Waals surface area contributed by atoms with E-state index in [4.69, 9.17) is 9.31 Å². The Hall–Kier alpha value is -1.06. The summed E-state index contributed by atoms with van der Waals surface area (Å²) in [6, 6.07) is 10.4. The minimum atomic E-state index is -0.231. The normalized spacial score (nSPS) is 21.2. The molecule has 0 saturated carbocycles. The third kappa shape index (κ3) is 3.49. The lowest BCUT2D eigenvalue weighted by Gasteiger charge is -2.32. The van der Waals surface area contributed by atoms with E-state index in [1.54, 1.807) is 0 Å². The van der Waals surface area contributed by atoms with E-state index in [0.717, 1.165) is 12.7 Å². The highest BCUT2D eigenvalue weighted by Crippen LogP contribution is 2.37. The average molecular weight is 258 g/mol. The zero-order valence-corrected chi connectivity index (χ0v) is 12.3. The smallest absolute Gasteiger partial charge is 0.403 e. The van der Waals surface area contributed by atoms with Gasteiger partial charge in [-0.25, -0.2) is 0 Å². The van der Waals surface area contributed by atoms with Crippen LogP contribution in [0, 0.1) is 0 Å². The van der Waals surface area contributed by atoms with Crippen molar-refractivity contribution in [1.29, 1.82) is 0 Å². The molecule has 1 aromatic carbocycles. The lowest BCUT2D eigenvalue weighted by atomic mass is 9.84. The Morgan fingerprint density at radius 1 is 0.947 bits per heavy atom. The Labute approximate surface area is 117 Å². The molecule has 0 unspecified atom stereocenters. The standard InChI is InChI=1S/C16H23BO2/c1-15(2)16(3,4)19-17(18-15)13-9-8-12-14-10-6-5-7-11-14/h5-11H,12-13H2,1-4H3/b9-8+. The molecule has 0 spiro atoms. The van der Waals surface area contributed by atoms with Gasteiger partial charge < -0.3 is 9.31 Å². The summed E-state index contributed by atoms with van der Waals surface area (Å²) in [5, 5.41) is 0. The van der Waals surface area contributed by atoms with Crippen LogP contribution in [-0.2, 0) is 15.7 Å². The molecule has 0 radical (unpaired) electrons. The lowest BCUT2D eigenvalue weighted by molar-refractivity contribution is 0.00578. The molecule has 0 N–H and O–H groups in total. The van der Waals surface area contributed by atoms with E-state index in [2.05, 4.69) is 64.1 Å². The Morgan fingerprint density at radius 3 is 2.11 bits per heavy atom. The van der Waals surface area contributed by atoms with Gasteiger partial charge in [0.15, 0.2) is 0 Å². The lowest BCUT2D eigenvalue weighted by Crippen LogP contribution is -2.41. The number of rotatable bonds is 4. The average Bonchev–Trinajstić information content (AvgIpc) is 2.55. The Morgan fingerprint density at radius 2 is 1.53 bits per heavy atom. The molecule has 0 bridgehead atoms. The molecule has 1 aliphatic rings. The van der Waals surface area contributed by atoms with E-state index >= 15 is 0 Å². The van der Waals surface area contributed by atoms with E-state index in [1.165, 1.54) is 5.56 Å². The fourth-order valence-electron chi connectivity index (χ4n) is 2.10. The first-order valence-electron chi connectivity index (χ1n) is 6.95. The molecule has 0 atom stereocenters. The molecule has 2 nitrogen and oxygen atoms in total. The second-order valence-corrected chi connectivity index (χ2v) is 6.08. The van der Waals surface area contributed by atoms with Crippen molar-refractivity contribution in [3.63, 3.8) is 0 Å². The number of hydrogen-bond donors (Lipinski definition) is 0. The highest BCUT2D eigenvalue weighted by atomic mass is 16.7. The molecular formula is C16H23BO2. The van der Waals surface area contributed by atoms with Crippen molar-refractivity contribution in [3.8, 4) is 0 Å². The largest absolute Gasteiger partial charge is 0.461 e. The van der Waals surface area contributed by atoms with Crippen molar-refractivity contribution in [3.05, 3.63) is 48.0 Å². The van der Waals surface area contributed by atoms with Crippen LogP contribution in [0.2, 0.25) is 6.32 Å². The summed E-state index contributed by atoms with van der Waals surface area (Å²) < 4.78 is 11.9. The summed E-state index contributed by atoms with van der Waals surface area (Å²) in [6.07, 6.45) is 6.09. The topological polar surface area (TPSA) is 18.5 Å². The SMILES string of the molecule is CC1(C)OB(C/C=C/Cc2ccccc2)OC1(C)C. The van der Waals surface area contributed by atoms with Crippen LogP contribution in [0.1, 0.15) is 33.3 Å². The minimum Gasteiger partial charge on any atom is -0.403 e. The summed E-state index contributed by atoms with van der Waals surface area (Å²) in [5.74, 6) is 0. The first-order valence-corrected chi connectivity index (χ1v) is 6.95. The summed E-state index contributed by atoms with van der Waals surface area (Å²) >= 11 is 0. The van der Waals surface area contributed by atoms with E-state index in [1.807, 2.05) is 6.07 Å². The van der Waals surface area contributed by atoms with Crippen LogP contribution in [0.5, 0.6) is 0 Å². The quantitative estimate of drug-likeness (QED) is 0.602. The van der Waals surface area contributed by atoms with E-state index < -0.39 is 0 Å². The molecule has 1 aliphatic heterocycles. The molecule has 1 fully saturated rings. The minimum absolute atomic E-state index is 0.128. The Balaban J connectivity index is 1.81. The van der Waals surface area contributed by atoms with E-state index in [-0.39, 0.29) is 18.3 Å². The van der Waals surface area contributed by atoms with Crippen molar-refractivity contribution >= 4 is 7.12 Å². The van der Waals surface area contributed by atoms with Crippen LogP contribution >= 0.6 is 0 Å². The molecule has 1 saturated heterocycles. The van der Waals surface area contributed by atoms with Crippen molar-refractivity contribution in [1.82, 2.24) is 0 Å². The van der Waals surface area contributed by atoms with Gasteiger partial charge in [-0.2, -0.15) is 0 Å². The highest BCUT2D eigenvalue weighted by Gasteiger charge is 2.50. The van der Waals surface area contributed by atoms with Crippen LogP contribution < -0.4 is 0 Å². The third-order valence-corrected chi connectivity index (χ3v) is 3.99. The summed E-state index contributed by atoms with van der Waals surface area (Å²) in [7, 11) is -0.128. The second kappa shape index (κ2) is 5.52. The van der Waals surface area contributed by atoms with Crippen LogP contribution in [0.15, 0.2) is 42.5 Å². The number of allylic oxidation sites excluding steroid dienone is 2. The Kier molecular flexibility index (Phi) is 4.17. The van der Waals surface area contributed by atoms with Crippen LogP contribution in [0.4, 0.5) is 0 Å². The maximum absolute atomic E-state index is 5.94. The maximum Gasteiger partial charge on any atom is 0.461 e. The molecular weight excluding hydrogens is 235 g/mol. The highest BCUT2D eigenvalue weighted by molar-refractivity contribution is 6.46. The van der Waals surface area contributed by atoms with Gasteiger partial charge in [-0.15, -0.1) is 0 Å². The predicted molar refractivity (Wildman–Crippen MR) is 80.2 cm³/mol. The van der Waals surface area contributed by atoms with Gasteiger partial charge in [-0.1, -0.05) is 42.5 Å². The molecule has 0 amide bonds. The van der Waals surface area contributed by atoms with Crippen molar-refractivity contribution in [2.45, 2.75) is 51.6 Å². The van der Waals surface area contributed by atoms with Gasteiger partial charge in [0.2, 0.25) is 0 Å². The summed E-state index contributed by atoms with van der Waals surface area (Å²) in [5.41, 5.74) is 0.864. The van der Waals surface area contributed by atoms with Gasteiger partial charge in [0.1, 0.15) is 0 Å². The Bertz CT molecular complexity index is 421. The summed E-state index contributed by atoms with van der Waals surface area (Å²) in [6.45, 7) is 8.34. The van der Waals surface area contributed by atoms with Gasteiger partial charge >= 0.3 is 7.12 Å². The summed E-state index contributed by atoms with van der Waals surface area (Å²) in [4.78, 5) is 0. The van der Waals surface area contributed by atoms with Gasteiger partial charge in [0.05, 0.1) is 11.2 Å². The van der Waals surface area contributed by atoms with Crippen LogP contribution in [0.3, 0.4) is 0 Å². The second-order valence-electron chi connectivity index (χ2n) is 6.08. The third-order valence-electron chi connectivity index (χ3n) is 3.99. The fraction of sp³-hybridized carbons (Fsp3) is 0.500. The predicted octanol–water partition coefficient (Wildman–Crippen LogP) is 3.88. The van der Waals surface area contributed by atoms with Crippen molar-refractivity contribution < 1.29 is 9.31 Å². The van der Waals surface area contributed by atoms with Gasteiger partial charge in [0.25, 0.3) is 0 Å². The zero-order valence-electron chi connectivity index (χ0n) is 12.3. The van der Waals surface area contributed by atoms with Crippen molar-refractivity contribution in [2.75, 3.05) is 0 Å². The number of hydrogen-bond acceptors (Lipinski definition) is 2. The molecule has 102 valence electrons. The molecule has 19 heavy (non-hydrogen) atoms. The molecule has 1 heterocycles. The maximum atomic E-state index is 5.94. The first-order chi connectivity index (χ1) is 8.91. The van der Waals surface area contributed by atoms with E-state index in [0.29, 0.717) is 0 Å². The van der Waals surface area contributed by atoms with Crippen LogP contribution in [-0.4, -0.2) is 18.3 Å². The van der Waals surface area contributed by atoms with Crippen LogP contribution in [0.25, 0.3) is 0 Å². The molecule has 0 aromatic heterocycles. The first kappa shape index (κ1) is 14.4. The van der Waals surface area contributed by atoms with Crippen molar-refractivity contribution in [2.24, 2.45) is 0 Å². The number of benzene rings is 1. The molecule has 3 heteroatoms. The fourth-order valence-corrected chi connectivity index (χ4v) is 2.10. The van der Waals surface area contributed by atoms with Gasteiger partial charge in [-0.05, 0) is 39.7 Å². The monoisotopic (exact) mass is 258 g/mol. The zero-order chi connectivity index (χ0) is 13.9. The van der Waals surface area contributed by atoms with E-state index in [9.17, 15) is 0 Å². The van der Waals surface area contributed by atoms with Gasteiger partial charge in [-0.3, -0.25) is 0 Å². The van der Waals surface area contributed by atoms with Gasteiger partial charge in [0, 0.05) is 6.32 Å².